The number of aromatic nitrogens is 2. The molecule has 0 aliphatic carbocycles. The van der Waals surface area contributed by atoms with E-state index in [1.165, 1.54) is 0 Å². The van der Waals surface area contributed by atoms with Gasteiger partial charge in [0.2, 0.25) is 0 Å². The Balaban J connectivity index is 1.30. The molecule has 5 rings (SSSR count). The lowest BCUT2D eigenvalue weighted by molar-refractivity contribution is 0.0789. The summed E-state index contributed by atoms with van der Waals surface area (Å²) in [5.74, 6) is 1.74. The molecule has 0 bridgehead atoms. The lowest BCUT2D eigenvalue weighted by atomic mass is 10.1. The van der Waals surface area contributed by atoms with E-state index >= 15 is 0 Å². The van der Waals surface area contributed by atoms with E-state index < -0.39 is 0 Å². The molecule has 1 amide bonds. The molecular weight excluding hydrogens is 406 g/mol. The fraction of sp³-hybridized carbons (Fsp3) is 0.160. The summed E-state index contributed by atoms with van der Waals surface area (Å²) in [6.45, 7) is 2.48. The number of rotatable bonds is 4. The number of ether oxygens (including phenoxy) is 2. The molecule has 0 fully saturated rings. The first-order valence-electron chi connectivity index (χ1n) is 10.4. The van der Waals surface area contributed by atoms with Gasteiger partial charge in [0, 0.05) is 5.56 Å². The summed E-state index contributed by atoms with van der Waals surface area (Å²) in [5.41, 5.74) is 1.67. The topological polar surface area (TPSA) is 82.5 Å². The highest BCUT2D eigenvalue weighted by atomic mass is 16.6. The van der Waals surface area contributed by atoms with E-state index in [1.807, 2.05) is 42.5 Å². The third-order valence-electron chi connectivity index (χ3n) is 5.39. The average molecular weight is 427 g/mol. The number of fused-ring (bicyclic) bond motifs is 2. The van der Waals surface area contributed by atoms with Crippen molar-refractivity contribution in [3.63, 3.8) is 0 Å². The van der Waals surface area contributed by atoms with Gasteiger partial charge in [-0.15, -0.1) is 0 Å². The van der Waals surface area contributed by atoms with Gasteiger partial charge in [0.25, 0.3) is 11.5 Å². The molecule has 7 heteroatoms. The highest BCUT2D eigenvalue weighted by molar-refractivity contribution is 5.94. The summed E-state index contributed by atoms with van der Waals surface area (Å²) < 4.78 is 13.1. The maximum Gasteiger partial charge on any atom is 0.265 e. The highest BCUT2D eigenvalue weighted by Crippen LogP contribution is 2.30. The summed E-state index contributed by atoms with van der Waals surface area (Å²) in [6, 6.07) is 21.6. The van der Waals surface area contributed by atoms with Crippen LogP contribution in [0.4, 0.5) is 0 Å². The number of aryl methyl sites for hydroxylation is 1. The lowest BCUT2D eigenvalue weighted by Gasteiger charge is -2.26. The predicted molar refractivity (Wildman–Crippen MR) is 121 cm³/mol. The molecule has 0 saturated carbocycles. The molecular formula is C25H21N3O4. The molecule has 0 radical (unpaired) electrons. The van der Waals surface area contributed by atoms with Gasteiger partial charge in [-0.1, -0.05) is 24.3 Å². The summed E-state index contributed by atoms with van der Waals surface area (Å²) in [5, 5.41) is 3.43. The Labute approximate surface area is 184 Å². The van der Waals surface area contributed by atoms with Gasteiger partial charge >= 0.3 is 0 Å². The van der Waals surface area contributed by atoms with E-state index in [2.05, 4.69) is 10.3 Å². The number of carbonyl (C=O) groups is 1. The third kappa shape index (κ3) is 3.69. The van der Waals surface area contributed by atoms with Gasteiger partial charge in [-0.3, -0.25) is 14.2 Å². The summed E-state index contributed by atoms with van der Waals surface area (Å²) in [6.07, 6.45) is -0.266. The Morgan fingerprint density at radius 3 is 2.56 bits per heavy atom. The smallest absolute Gasteiger partial charge is 0.265 e. The van der Waals surface area contributed by atoms with Crippen LogP contribution in [0.3, 0.4) is 0 Å². The fourth-order valence-corrected chi connectivity index (χ4v) is 3.78. The second-order valence-corrected chi connectivity index (χ2v) is 7.57. The standard InChI is InChI=1S/C25H21N3O4/c1-16-27-21-7-3-2-6-20(21)25(30)28(16)18-12-10-17(11-13-18)24(29)26-14-19-15-31-22-8-4-5-9-23(22)32-19/h2-13,19H,14-15H2,1H3,(H,26,29)/t19-/m0/s1. The second-order valence-electron chi connectivity index (χ2n) is 7.57. The Hall–Kier alpha value is -4.13. The van der Waals surface area contributed by atoms with Gasteiger partial charge < -0.3 is 14.8 Å². The Bertz CT molecular complexity index is 1360. The van der Waals surface area contributed by atoms with Gasteiger partial charge in [0.05, 0.1) is 23.1 Å². The van der Waals surface area contributed by atoms with Gasteiger partial charge in [-0.05, 0) is 55.5 Å². The number of carbonyl (C=O) groups excluding carboxylic acids is 1. The number of amides is 1. The van der Waals surface area contributed by atoms with Crippen LogP contribution in [0.2, 0.25) is 0 Å². The summed E-state index contributed by atoms with van der Waals surface area (Å²) in [7, 11) is 0. The van der Waals surface area contributed by atoms with Crippen molar-refractivity contribution in [2.24, 2.45) is 0 Å². The fourth-order valence-electron chi connectivity index (χ4n) is 3.78. The van der Waals surface area contributed by atoms with Crippen molar-refractivity contribution in [2.75, 3.05) is 13.2 Å². The van der Waals surface area contributed by atoms with Crippen LogP contribution >= 0.6 is 0 Å². The van der Waals surface area contributed by atoms with Crippen molar-refractivity contribution in [3.05, 3.63) is 94.5 Å². The molecule has 1 aliphatic heterocycles. The van der Waals surface area contributed by atoms with E-state index in [0.29, 0.717) is 52.6 Å². The van der Waals surface area contributed by atoms with Crippen LogP contribution in [-0.4, -0.2) is 34.7 Å². The first-order valence-corrected chi connectivity index (χ1v) is 10.4. The molecule has 160 valence electrons. The Morgan fingerprint density at radius 1 is 1.03 bits per heavy atom. The first-order chi connectivity index (χ1) is 15.6. The minimum Gasteiger partial charge on any atom is -0.486 e. The normalized spacial score (nSPS) is 14.8. The zero-order valence-corrected chi connectivity index (χ0v) is 17.4. The lowest BCUT2D eigenvalue weighted by Crippen LogP contribution is -2.40. The van der Waals surface area contributed by atoms with Crippen LogP contribution in [0.15, 0.2) is 77.6 Å². The van der Waals surface area contributed by atoms with Crippen molar-refractivity contribution in [2.45, 2.75) is 13.0 Å². The van der Waals surface area contributed by atoms with Crippen LogP contribution in [0.5, 0.6) is 11.5 Å². The SMILES string of the molecule is Cc1nc2ccccc2c(=O)n1-c1ccc(C(=O)NC[C@H]2COc3ccccc3O2)cc1. The second kappa shape index (κ2) is 8.19. The third-order valence-corrected chi connectivity index (χ3v) is 5.39. The first kappa shape index (κ1) is 19.8. The molecule has 32 heavy (non-hydrogen) atoms. The molecule has 1 aromatic heterocycles. The van der Waals surface area contributed by atoms with Gasteiger partial charge in [0.1, 0.15) is 18.5 Å². The molecule has 1 aliphatic rings. The number of nitrogens with one attached hydrogen (secondary N) is 1. The number of hydrogen-bond acceptors (Lipinski definition) is 5. The molecule has 0 unspecified atom stereocenters. The van der Waals surface area contributed by atoms with Crippen molar-refractivity contribution in [3.8, 4) is 17.2 Å². The molecule has 1 N–H and O–H groups in total. The van der Waals surface area contributed by atoms with E-state index in [-0.39, 0.29) is 17.6 Å². The number of nitrogens with zero attached hydrogens (tertiary/aromatic N) is 2. The zero-order valence-electron chi connectivity index (χ0n) is 17.4. The minimum absolute atomic E-state index is 0.139. The van der Waals surface area contributed by atoms with Crippen LogP contribution in [-0.2, 0) is 0 Å². The molecule has 0 spiro atoms. The molecule has 4 aromatic rings. The summed E-state index contributed by atoms with van der Waals surface area (Å²) in [4.78, 5) is 30.1. The van der Waals surface area contributed by atoms with E-state index in [1.54, 1.807) is 41.8 Å². The van der Waals surface area contributed by atoms with Gasteiger partial charge in [-0.25, -0.2) is 4.98 Å². The monoisotopic (exact) mass is 427 g/mol. The molecule has 2 heterocycles. The minimum atomic E-state index is -0.266. The largest absolute Gasteiger partial charge is 0.486 e. The van der Waals surface area contributed by atoms with Crippen LogP contribution in [0.1, 0.15) is 16.2 Å². The molecule has 7 nitrogen and oxygen atoms in total. The zero-order chi connectivity index (χ0) is 22.1. The van der Waals surface area contributed by atoms with Crippen molar-refractivity contribution in [1.82, 2.24) is 14.9 Å². The number of benzene rings is 3. The Kier molecular flexibility index (Phi) is 5.07. The predicted octanol–water partition coefficient (Wildman–Crippen LogP) is 3.26. The quantitative estimate of drug-likeness (QED) is 0.541. The van der Waals surface area contributed by atoms with Crippen LogP contribution in [0, 0.1) is 6.92 Å². The number of hydrogen-bond donors (Lipinski definition) is 1. The Morgan fingerprint density at radius 2 is 1.75 bits per heavy atom. The average Bonchev–Trinajstić information content (AvgIpc) is 2.83. The van der Waals surface area contributed by atoms with Crippen LogP contribution < -0.4 is 20.3 Å². The van der Waals surface area contributed by atoms with E-state index in [0.717, 1.165) is 0 Å². The van der Waals surface area contributed by atoms with Crippen molar-refractivity contribution < 1.29 is 14.3 Å². The maximum atomic E-state index is 13.0. The van der Waals surface area contributed by atoms with Crippen molar-refractivity contribution >= 4 is 16.8 Å². The van der Waals surface area contributed by atoms with E-state index in [9.17, 15) is 9.59 Å². The molecule has 0 saturated heterocycles. The van der Waals surface area contributed by atoms with Crippen molar-refractivity contribution in [1.29, 1.82) is 0 Å². The number of para-hydroxylation sites is 3. The summed E-state index contributed by atoms with van der Waals surface area (Å²) >= 11 is 0. The highest BCUT2D eigenvalue weighted by Gasteiger charge is 2.21. The molecule has 1 atom stereocenters. The van der Waals surface area contributed by atoms with E-state index in [4.69, 9.17) is 9.47 Å². The molecule has 3 aromatic carbocycles. The van der Waals surface area contributed by atoms with Crippen LogP contribution in [0.25, 0.3) is 16.6 Å². The van der Waals surface area contributed by atoms with Gasteiger partial charge in [0.15, 0.2) is 11.5 Å². The maximum absolute atomic E-state index is 13.0. The van der Waals surface area contributed by atoms with Gasteiger partial charge in [-0.2, -0.15) is 0 Å².